The molecule has 0 saturated heterocycles. The molecule has 140 valence electrons. The van der Waals surface area contributed by atoms with Gasteiger partial charge in [0.25, 0.3) is 5.91 Å². The minimum absolute atomic E-state index is 0.0446. The highest BCUT2D eigenvalue weighted by Crippen LogP contribution is 2.24. The van der Waals surface area contributed by atoms with Crippen LogP contribution in [0.1, 0.15) is 38.1 Å². The summed E-state index contributed by atoms with van der Waals surface area (Å²) in [6.45, 7) is 6.41. The molecule has 0 unspecified atom stereocenters. The van der Waals surface area contributed by atoms with Gasteiger partial charge in [-0.25, -0.2) is 13.2 Å². The van der Waals surface area contributed by atoms with Crippen LogP contribution >= 0.6 is 11.6 Å². The number of hydrogen-bond donors (Lipinski definition) is 1. The molecule has 1 aromatic rings. The number of benzene rings is 1. The van der Waals surface area contributed by atoms with Gasteiger partial charge in [0.2, 0.25) is 10.0 Å². The molecule has 1 rings (SSSR count). The Bertz CT molecular complexity index is 775. The van der Waals surface area contributed by atoms with Crippen molar-refractivity contribution in [1.82, 2.24) is 9.62 Å². The maximum absolute atomic E-state index is 12.6. The number of carbonyl (C=O) groups excluding carboxylic acids is 2. The number of amides is 1. The Labute approximate surface area is 153 Å². The third-order valence-corrected chi connectivity index (χ3v) is 6.07. The van der Waals surface area contributed by atoms with Crippen molar-refractivity contribution < 1.29 is 22.7 Å². The van der Waals surface area contributed by atoms with Crippen molar-refractivity contribution in [3.8, 4) is 0 Å². The lowest BCUT2D eigenvalue weighted by atomic mass is 10.1. The molecule has 0 aliphatic carbocycles. The predicted molar refractivity (Wildman–Crippen MR) is 95.1 cm³/mol. The molecular formula is C16H23ClN2O5S. The van der Waals surface area contributed by atoms with Crippen molar-refractivity contribution in [1.29, 1.82) is 0 Å². The monoisotopic (exact) mass is 390 g/mol. The highest BCUT2D eigenvalue weighted by Gasteiger charge is 2.32. The van der Waals surface area contributed by atoms with Gasteiger partial charge in [0.15, 0.2) is 0 Å². The Kier molecular flexibility index (Phi) is 6.61. The Hall–Kier alpha value is -1.64. The third-order valence-electron chi connectivity index (χ3n) is 3.71. The van der Waals surface area contributed by atoms with Gasteiger partial charge in [-0.3, -0.25) is 4.79 Å². The molecule has 0 atom stereocenters. The molecule has 1 aromatic carbocycles. The zero-order chi connectivity index (χ0) is 19.6. The molecule has 0 aromatic heterocycles. The van der Waals surface area contributed by atoms with E-state index in [4.69, 9.17) is 11.6 Å². The smallest absolute Gasteiger partial charge is 0.330 e. The summed E-state index contributed by atoms with van der Waals surface area (Å²) in [5, 5.41) is 2.56. The van der Waals surface area contributed by atoms with E-state index in [2.05, 4.69) is 10.1 Å². The summed E-state index contributed by atoms with van der Waals surface area (Å²) >= 11 is 6.04. The molecule has 0 bridgehead atoms. The fourth-order valence-electron chi connectivity index (χ4n) is 1.94. The summed E-state index contributed by atoms with van der Waals surface area (Å²) in [6, 6.07) is 3.61. The zero-order valence-electron chi connectivity index (χ0n) is 15.1. The largest absolute Gasteiger partial charge is 0.467 e. The summed E-state index contributed by atoms with van der Waals surface area (Å²) in [6.07, 6.45) is 0. The maximum Gasteiger partial charge on any atom is 0.330 e. The standard InChI is InChI=1S/C16H23ClN2O5S/c1-10(2)19(5)25(22,23)11-7-8-13(17)12(9-11)14(20)18-16(3,4)15(21)24-6/h7-10H,1-6H3,(H,18,20). The number of hydrogen-bond acceptors (Lipinski definition) is 5. The van der Waals surface area contributed by atoms with Gasteiger partial charge in [-0.05, 0) is 45.9 Å². The van der Waals surface area contributed by atoms with Crippen molar-refractivity contribution in [2.45, 2.75) is 44.2 Å². The first-order chi connectivity index (χ1) is 11.3. The molecule has 0 fully saturated rings. The first-order valence-electron chi connectivity index (χ1n) is 7.53. The molecule has 0 aliphatic heterocycles. The van der Waals surface area contributed by atoms with Gasteiger partial charge in [0.05, 0.1) is 22.6 Å². The first kappa shape index (κ1) is 21.4. The van der Waals surface area contributed by atoms with E-state index in [-0.39, 0.29) is 21.5 Å². The summed E-state index contributed by atoms with van der Waals surface area (Å²) in [7, 11) is -1.11. The van der Waals surface area contributed by atoms with Crippen molar-refractivity contribution >= 4 is 33.5 Å². The molecule has 1 N–H and O–H groups in total. The molecule has 9 heteroatoms. The molecule has 7 nitrogen and oxygen atoms in total. The topological polar surface area (TPSA) is 92.8 Å². The number of rotatable bonds is 6. The number of halogens is 1. The van der Waals surface area contributed by atoms with Crippen LogP contribution in [0.5, 0.6) is 0 Å². The van der Waals surface area contributed by atoms with Gasteiger partial charge in [-0.15, -0.1) is 0 Å². The second kappa shape index (κ2) is 7.72. The number of carbonyl (C=O) groups is 2. The minimum Gasteiger partial charge on any atom is -0.467 e. The van der Waals surface area contributed by atoms with Gasteiger partial charge in [0.1, 0.15) is 5.54 Å². The van der Waals surface area contributed by atoms with E-state index in [0.29, 0.717) is 0 Å². The van der Waals surface area contributed by atoms with E-state index in [1.165, 1.54) is 50.5 Å². The second-order valence-electron chi connectivity index (χ2n) is 6.33. The first-order valence-corrected chi connectivity index (χ1v) is 9.35. The molecule has 25 heavy (non-hydrogen) atoms. The molecule has 0 saturated carbocycles. The van der Waals surface area contributed by atoms with Gasteiger partial charge in [0, 0.05) is 13.1 Å². The fourth-order valence-corrected chi connectivity index (χ4v) is 3.54. The predicted octanol–water partition coefficient (Wildman–Crippen LogP) is 2.05. The number of methoxy groups -OCH3 is 1. The number of nitrogens with one attached hydrogen (secondary N) is 1. The highest BCUT2D eigenvalue weighted by atomic mass is 35.5. The zero-order valence-corrected chi connectivity index (χ0v) is 16.7. The Morgan fingerprint density at radius 2 is 1.84 bits per heavy atom. The van der Waals surface area contributed by atoms with Crippen molar-refractivity contribution in [3.63, 3.8) is 0 Å². The van der Waals surface area contributed by atoms with Crippen molar-refractivity contribution in [2.24, 2.45) is 0 Å². The number of sulfonamides is 1. The van der Waals surface area contributed by atoms with Gasteiger partial charge in [-0.2, -0.15) is 4.31 Å². The van der Waals surface area contributed by atoms with Crippen molar-refractivity contribution in [3.05, 3.63) is 28.8 Å². The maximum atomic E-state index is 12.6. The summed E-state index contributed by atoms with van der Waals surface area (Å²) < 4.78 is 31.0. The average Bonchev–Trinajstić information content (AvgIpc) is 2.52. The van der Waals surface area contributed by atoms with Gasteiger partial charge < -0.3 is 10.1 Å². The van der Waals surface area contributed by atoms with Crippen LogP contribution in [-0.4, -0.2) is 50.3 Å². The quantitative estimate of drug-likeness (QED) is 0.750. The summed E-state index contributed by atoms with van der Waals surface area (Å²) in [5.41, 5.74) is -1.34. The van der Waals surface area contributed by atoms with Crippen LogP contribution in [0.15, 0.2) is 23.1 Å². The molecule has 0 radical (unpaired) electrons. The molecule has 0 heterocycles. The van der Waals surface area contributed by atoms with Crippen molar-refractivity contribution in [2.75, 3.05) is 14.2 Å². The minimum atomic E-state index is -3.77. The number of ether oxygens (including phenoxy) is 1. The molecule has 0 spiro atoms. The third kappa shape index (κ3) is 4.71. The Morgan fingerprint density at radius 3 is 2.32 bits per heavy atom. The molecular weight excluding hydrogens is 368 g/mol. The lowest BCUT2D eigenvalue weighted by molar-refractivity contribution is -0.146. The normalized spacial score (nSPS) is 12.4. The SMILES string of the molecule is COC(=O)C(C)(C)NC(=O)c1cc(S(=O)(=O)N(C)C(C)C)ccc1Cl. The van der Waals surface area contributed by atoms with Crippen LogP contribution in [0.3, 0.4) is 0 Å². The van der Waals surface area contributed by atoms with E-state index in [1.807, 2.05) is 0 Å². The van der Waals surface area contributed by atoms with Crippen LogP contribution in [0.2, 0.25) is 5.02 Å². The van der Waals surface area contributed by atoms with Crippen LogP contribution in [-0.2, 0) is 19.6 Å². The fraction of sp³-hybridized carbons (Fsp3) is 0.500. The van der Waals surface area contributed by atoms with Crippen LogP contribution in [0, 0.1) is 0 Å². The van der Waals surface area contributed by atoms with Crippen LogP contribution in [0.25, 0.3) is 0 Å². The Morgan fingerprint density at radius 1 is 1.28 bits per heavy atom. The van der Waals surface area contributed by atoms with E-state index in [0.717, 1.165) is 0 Å². The van der Waals surface area contributed by atoms with Gasteiger partial charge >= 0.3 is 5.97 Å². The molecule has 0 aliphatic rings. The average molecular weight is 391 g/mol. The lowest BCUT2D eigenvalue weighted by Gasteiger charge is -2.24. The van der Waals surface area contributed by atoms with Gasteiger partial charge in [-0.1, -0.05) is 11.6 Å². The summed E-state index contributed by atoms with van der Waals surface area (Å²) in [4.78, 5) is 24.1. The number of esters is 1. The van der Waals surface area contributed by atoms with E-state index >= 15 is 0 Å². The van der Waals surface area contributed by atoms with Crippen LogP contribution < -0.4 is 5.32 Å². The van der Waals surface area contributed by atoms with E-state index in [9.17, 15) is 18.0 Å². The summed E-state index contributed by atoms with van der Waals surface area (Å²) in [5.74, 6) is -1.31. The lowest BCUT2D eigenvalue weighted by Crippen LogP contribution is -2.50. The second-order valence-corrected chi connectivity index (χ2v) is 8.73. The highest BCUT2D eigenvalue weighted by molar-refractivity contribution is 7.89. The van der Waals surface area contributed by atoms with E-state index < -0.39 is 27.4 Å². The van der Waals surface area contributed by atoms with E-state index in [1.54, 1.807) is 13.8 Å². The number of nitrogens with zero attached hydrogens (tertiary/aromatic N) is 1. The van der Waals surface area contributed by atoms with Crippen LogP contribution in [0.4, 0.5) is 0 Å². The Balaban J connectivity index is 3.27. The molecule has 1 amide bonds.